The van der Waals surface area contributed by atoms with Crippen molar-refractivity contribution in [3.8, 4) is 0 Å². The number of carbonyl (C=O) groups excluding carboxylic acids is 2. The molecule has 162 valence electrons. The molecule has 0 bridgehead atoms. The van der Waals surface area contributed by atoms with Gasteiger partial charge in [-0.15, -0.1) is 0 Å². The summed E-state index contributed by atoms with van der Waals surface area (Å²) in [6.07, 6.45) is 4.27. The molecule has 2 aromatic heterocycles. The number of pyridine rings is 1. The third-order valence-electron chi connectivity index (χ3n) is 5.59. The highest BCUT2D eigenvalue weighted by atomic mass is 79.9. The van der Waals surface area contributed by atoms with Crippen LogP contribution < -0.4 is 5.32 Å². The number of nitrogens with zero attached hydrogens (tertiary/aromatic N) is 3. The van der Waals surface area contributed by atoms with Crippen LogP contribution in [0.25, 0.3) is 11.2 Å². The number of amides is 1. The average molecular weight is 485 g/mol. The summed E-state index contributed by atoms with van der Waals surface area (Å²) in [7, 11) is 1.34. The van der Waals surface area contributed by atoms with E-state index in [4.69, 9.17) is 9.72 Å². The Kier molecular flexibility index (Phi) is 6.36. The minimum Gasteiger partial charge on any atom is -0.469 e. The van der Waals surface area contributed by atoms with E-state index in [1.54, 1.807) is 6.07 Å². The number of benzene rings is 1. The number of hydrogen-bond acceptors (Lipinski definition) is 5. The fourth-order valence-electron chi connectivity index (χ4n) is 4.05. The number of halogens is 1. The van der Waals surface area contributed by atoms with Crippen LogP contribution in [0.5, 0.6) is 0 Å². The van der Waals surface area contributed by atoms with Crippen molar-refractivity contribution in [1.29, 1.82) is 0 Å². The highest BCUT2D eigenvalue weighted by Gasteiger charge is 2.24. The third-order valence-corrected chi connectivity index (χ3v) is 6.09. The van der Waals surface area contributed by atoms with E-state index < -0.39 is 12.0 Å². The van der Waals surface area contributed by atoms with Gasteiger partial charge in [-0.1, -0.05) is 34.5 Å². The van der Waals surface area contributed by atoms with Crippen LogP contribution in [-0.4, -0.2) is 33.5 Å². The van der Waals surface area contributed by atoms with Gasteiger partial charge in [0.25, 0.3) is 5.91 Å². The average Bonchev–Trinajstić information content (AvgIpc) is 2.93. The van der Waals surface area contributed by atoms with Crippen LogP contribution in [0.1, 0.15) is 59.2 Å². The zero-order chi connectivity index (χ0) is 22.0. The molecule has 3 heterocycles. The first kappa shape index (κ1) is 21.5. The Hall–Kier alpha value is -2.74. The lowest BCUT2D eigenvalue weighted by atomic mass is 10.0. The van der Waals surface area contributed by atoms with Crippen molar-refractivity contribution in [1.82, 2.24) is 19.9 Å². The summed E-state index contributed by atoms with van der Waals surface area (Å²) in [6, 6.07) is 8.78. The van der Waals surface area contributed by atoms with E-state index in [1.807, 2.05) is 31.2 Å². The minimum absolute atomic E-state index is 0.0333. The Morgan fingerprint density at radius 2 is 2.06 bits per heavy atom. The fraction of sp³-hybridized carbons (Fsp3) is 0.391. The predicted octanol–water partition coefficient (Wildman–Crippen LogP) is 4.26. The lowest BCUT2D eigenvalue weighted by Gasteiger charge is -2.19. The third kappa shape index (κ3) is 4.63. The molecule has 1 aromatic carbocycles. The maximum atomic E-state index is 13.4. The van der Waals surface area contributed by atoms with Gasteiger partial charge in [0.1, 0.15) is 11.3 Å². The summed E-state index contributed by atoms with van der Waals surface area (Å²) < 4.78 is 7.86. The highest BCUT2D eigenvalue weighted by Crippen LogP contribution is 2.26. The zero-order valence-electron chi connectivity index (χ0n) is 17.7. The fourth-order valence-corrected chi connectivity index (χ4v) is 4.47. The van der Waals surface area contributed by atoms with Crippen LogP contribution in [0, 0.1) is 6.92 Å². The first-order valence-corrected chi connectivity index (χ1v) is 11.3. The largest absolute Gasteiger partial charge is 0.469 e. The van der Waals surface area contributed by atoms with Gasteiger partial charge in [0.05, 0.1) is 25.1 Å². The summed E-state index contributed by atoms with van der Waals surface area (Å²) in [5.41, 5.74) is 3.43. The number of nitrogens with one attached hydrogen (secondary N) is 1. The van der Waals surface area contributed by atoms with E-state index in [2.05, 4.69) is 30.8 Å². The Morgan fingerprint density at radius 3 is 2.84 bits per heavy atom. The summed E-state index contributed by atoms with van der Waals surface area (Å²) in [5, 5.41) is 3.02. The van der Waals surface area contributed by atoms with Crippen LogP contribution >= 0.6 is 15.9 Å². The molecule has 0 saturated carbocycles. The number of rotatable bonds is 5. The molecule has 7 nitrogen and oxygen atoms in total. The number of methoxy groups -OCH3 is 1. The minimum atomic E-state index is -0.526. The van der Waals surface area contributed by atoms with E-state index in [9.17, 15) is 9.59 Å². The van der Waals surface area contributed by atoms with Crippen molar-refractivity contribution in [2.24, 2.45) is 0 Å². The summed E-state index contributed by atoms with van der Waals surface area (Å²) in [6.45, 7) is 2.75. The molecule has 1 unspecified atom stereocenters. The van der Waals surface area contributed by atoms with Crippen molar-refractivity contribution in [2.45, 2.75) is 51.6 Å². The molecule has 1 aliphatic heterocycles. The Labute approximate surface area is 189 Å². The summed E-state index contributed by atoms with van der Waals surface area (Å²) >= 11 is 3.46. The highest BCUT2D eigenvalue weighted by molar-refractivity contribution is 9.10. The number of esters is 1. The molecule has 8 heteroatoms. The van der Waals surface area contributed by atoms with E-state index >= 15 is 0 Å². The standard InChI is InChI=1S/C23H25BrN4O3/c1-14-11-17(21-22(25-14)28-10-5-3-4-9-19(28)27-21)23(30)26-18(13-20(29)31-2)15-7-6-8-16(24)12-15/h6-8,11-12,18H,3-5,9-10,13H2,1-2H3,(H,26,30). The van der Waals surface area contributed by atoms with Gasteiger partial charge in [0.15, 0.2) is 5.65 Å². The van der Waals surface area contributed by atoms with Gasteiger partial charge >= 0.3 is 5.97 Å². The molecule has 1 aliphatic rings. The molecule has 4 rings (SSSR count). The molecule has 0 fully saturated rings. The second-order valence-electron chi connectivity index (χ2n) is 7.84. The Bertz CT molecular complexity index is 1140. The number of ether oxygens (including phenoxy) is 1. The first-order chi connectivity index (χ1) is 15.0. The van der Waals surface area contributed by atoms with Gasteiger partial charge in [-0.2, -0.15) is 0 Å². The normalized spacial score (nSPS) is 14.5. The molecule has 0 aliphatic carbocycles. The van der Waals surface area contributed by atoms with Crippen molar-refractivity contribution in [3.05, 3.63) is 57.4 Å². The molecule has 0 radical (unpaired) electrons. The van der Waals surface area contributed by atoms with Crippen LogP contribution in [0.3, 0.4) is 0 Å². The first-order valence-electron chi connectivity index (χ1n) is 10.5. The summed E-state index contributed by atoms with van der Waals surface area (Å²) in [5.74, 6) is 0.311. The van der Waals surface area contributed by atoms with Gasteiger partial charge in [0, 0.05) is 23.1 Å². The lowest BCUT2D eigenvalue weighted by molar-refractivity contribution is -0.141. The van der Waals surface area contributed by atoms with E-state index in [0.29, 0.717) is 11.1 Å². The van der Waals surface area contributed by atoms with Crippen molar-refractivity contribution in [2.75, 3.05) is 7.11 Å². The van der Waals surface area contributed by atoms with Gasteiger partial charge in [-0.05, 0) is 43.5 Å². The van der Waals surface area contributed by atoms with Crippen molar-refractivity contribution >= 4 is 39.0 Å². The molecular formula is C23H25BrN4O3. The van der Waals surface area contributed by atoms with Gasteiger partial charge in [-0.25, -0.2) is 9.97 Å². The number of hydrogen-bond donors (Lipinski definition) is 1. The number of aromatic nitrogens is 3. The topological polar surface area (TPSA) is 86.1 Å². The van der Waals surface area contributed by atoms with Gasteiger partial charge < -0.3 is 14.6 Å². The smallest absolute Gasteiger partial charge is 0.307 e. The predicted molar refractivity (Wildman–Crippen MR) is 121 cm³/mol. The van der Waals surface area contributed by atoms with Crippen LogP contribution in [0.4, 0.5) is 0 Å². The maximum absolute atomic E-state index is 13.4. The number of imidazole rings is 1. The Morgan fingerprint density at radius 1 is 1.23 bits per heavy atom. The van der Waals surface area contributed by atoms with Crippen LogP contribution in [0.15, 0.2) is 34.8 Å². The molecule has 31 heavy (non-hydrogen) atoms. The van der Waals surface area contributed by atoms with Gasteiger partial charge in [0.2, 0.25) is 0 Å². The molecule has 1 atom stereocenters. The number of carbonyl (C=O) groups is 2. The SMILES string of the molecule is COC(=O)CC(NC(=O)c1cc(C)nc2c1nc1n2CCCCC1)c1cccc(Br)c1. The quantitative estimate of drug-likeness (QED) is 0.546. The molecule has 3 aromatic rings. The lowest BCUT2D eigenvalue weighted by Crippen LogP contribution is -2.31. The van der Waals surface area contributed by atoms with Crippen LogP contribution in [-0.2, 0) is 22.5 Å². The summed E-state index contributed by atoms with van der Waals surface area (Å²) in [4.78, 5) is 34.9. The van der Waals surface area contributed by atoms with Crippen LogP contribution in [0.2, 0.25) is 0 Å². The number of aryl methyl sites for hydroxylation is 3. The number of fused-ring (bicyclic) bond motifs is 3. The van der Waals surface area contributed by atoms with E-state index in [0.717, 1.165) is 53.0 Å². The van der Waals surface area contributed by atoms with Crippen molar-refractivity contribution in [3.63, 3.8) is 0 Å². The zero-order valence-corrected chi connectivity index (χ0v) is 19.2. The molecule has 1 N–H and O–H groups in total. The van der Waals surface area contributed by atoms with Gasteiger partial charge in [-0.3, -0.25) is 9.59 Å². The monoisotopic (exact) mass is 484 g/mol. The molecule has 0 spiro atoms. The van der Waals surface area contributed by atoms with Crippen molar-refractivity contribution < 1.29 is 14.3 Å². The second kappa shape index (κ2) is 9.18. The second-order valence-corrected chi connectivity index (χ2v) is 8.75. The van der Waals surface area contributed by atoms with E-state index in [1.165, 1.54) is 13.5 Å². The molecule has 0 saturated heterocycles. The maximum Gasteiger partial charge on any atom is 0.307 e. The Balaban J connectivity index is 1.71. The van der Waals surface area contributed by atoms with E-state index in [-0.39, 0.29) is 12.3 Å². The molecular weight excluding hydrogens is 460 g/mol. The molecule has 1 amide bonds.